The van der Waals surface area contributed by atoms with Gasteiger partial charge in [-0.3, -0.25) is 0 Å². The first-order valence-electron chi connectivity index (χ1n) is 5.85. The van der Waals surface area contributed by atoms with E-state index in [9.17, 15) is 4.21 Å². The van der Waals surface area contributed by atoms with Crippen molar-refractivity contribution in [3.05, 3.63) is 29.8 Å². The van der Waals surface area contributed by atoms with E-state index < -0.39 is 9.83 Å². The van der Waals surface area contributed by atoms with E-state index in [1.54, 1.807) is 0 Å². The number of aryl methyl sites for hydroxylation is 1. The summed E-state index contributed by atoms with van der Waals surface area (Å²) in [5, 5.41) is 0. The van der Waals surface area contributed by atoms with Crippen molar-refractivity contribution < 1.29 is 4.21 Å². The SMILES string of the molecule is CCCCCCS(=O)Sc1ccc(C)cc1. The van der Waals surface area contributed by atoms with Gasteiger partial charge in [0.15, 0.2) is 0 Å². The molecular formula is C13H20OS2. The Morgan fingerprint density at radius 1 is 1.12 bits per heavy atom. The second kappa shape index (κ2) is 7.91. The minimum atomic E-state index is -0.764. The first kappa shape index (κ1) is 13.8. The molecule has 0 aromatic heterocycles. The van der Waals surface area contributed by atoms with Gasteiger partial charge < -0.3 is 0 Å². The molecule has 1 unspecified atom stereocenters. The van der Waals surface area contributed by atoms with Crippen molar-refractivity contribution in [1.29, 1.82) is 0 Å². The molecule has 16 heavy (non-hydrogen) atoms. The molecule has 0 saturated carbocycles. The van der Waals surface area contributed by atoms with Crippen molar-refractivity contribution in [2.24, 2.45) is 0 Å². The zero-order valence-electron chi connectivity index (χ0n) is 10.1. The summed E-state index contributed by atoms with van der Waals surface area (Å²) in [6.07, 6.45) is 4.78. The fourth-order valence-corrected chi connectivity index (χ4v) is 3.96. The van der Waals surface area contributed by atoms with Gasteiger partial charge in [-0.25, -0.2) is 4.21 Å². The molecule has 1 rings (SSSR count). The molecule has 3 heteroatoms. The van der Waals surface area contributed by atoms with Crippen LogP contribution in [-0.4, -0.2) is 9.96 Å². The maximum atomic E-state index is 11.7. The summed E-state index contributed by atoms with van der Waals surface area (Å²) in [5.41, 5.74) is 1.25. The van der Waals surface area contributed by atoms with Crippen LogP contribution >= 0.6 is 10.8 Å². The van der Waals surface area contributed by atoms with Gasteiger partial charge in [0.1, 0.15) is 0 Å². The smallest absolute Gasteiger partial charge is 0.0852 e. The molecule has 0 N–H and O–H groups in total. The normalized spacial score (nSPS) is 12.6. The van der Waals surface area contributed by atoms with Crippen LogP contribution in [0.2, 0.25) is 0 Å². The summed E-state index contributed by atoms with van der Waals surface area (Å²) in [7, 11) is 0.718. The van der Waals surface area contributed by atoms with E-state index >= 15 is 0 Å². The third kappa shape index (κ3) is 5.71. The molecule has 0 aliphatic rings. The minimum absolute atomic E-state index is 0.764. The maximum Gasteiger partial charge on any atom is 0.0852 e. The molecule has 0 amide bonds. The van der Waals surface area contributed by atoms with Gasteiger partial charge >= 0.3 is 0 Å². The van der Waals surface area contributed by atoms with Crippen LogP contribution in [0.1, 0.15) is 38.2 Å². The van der Waals surface area contributed by atoms with Gasteiger partial charge in [-0.05, 0) is 36.3 Å². The fourth-order valence-electron chi connectivity index (χ4n) is 1.39. The van der Waals surface area contributed by atoms with Gasteiger partial charge in [-0.15, -0.1) is 0 Å². The largest absolute Gasteiger partial charge is 0.248 e. The summed E-state index contributed by atoms with van der Waals surface area (Å²) in [4.78, 5) is 1.11. The fraction of sp³-hybridized carbons (Fsp3) is 0.538. The lowest BCUT2D eigenvalue weighted by Crippen LogP contribution is -1.92. The number of unbranched alkanes of at least 4 members (excludes halogenated alkanes) is 3. The Morgan fingerprint density at radius 3 is 2.44 bits per heavy atom. The lowest BCUT2D eigenvalue weighted by atomic mass is 10.2. The van der Waals surface area contributed by atoms with Crippen LogP contribution in [-0.2, 0) is 9.83 Å². The lowest BCUT2D eigenvalue weighted by Gasteiger charge is -2.02. The van der Waals surface area contributed by atoms with E-state index in [2.05, 4.69) is 26.0 Å². The molecule has 0 spiro atoms. The summed E-state index contributed by atoms with van der Waals surface area (Å²) < 4.78 is 11.7. The first-order chi connectivity index (χ1) is 7.72. The quantitative estimate of drug-likeness (QED) is 0.533. The molecule has 0 heterocycles. The number of hydrogen-bond acceptors (Lipinski definition) is 2. The Labute approximate surface area is 105 Å². The van der Waals surface area contributed by atoms with Gasteiger partial charge in [0.25, 0.3) is 0 Å². The molecule has 0 aliphatic carbocycles. The van der Waals surface area contributed by atoms with Crippen LogP contribution in [0, 0.1) is 6.92 Å². The molecule has 0 radical (unpaired) electrons. The topological polar surface area (TPSA) is 17.1 Å². The van der Waals surface area contributed by atoms with E-state index in [1.807, 2.05) is 12.1 Å². The summed E-state index contributed by atoms with van der Waals surface area (Å²) in [6.45, 7) is 4.26. The Balaban J connectivity index is 2.26. The minimum Gasteiger partial charge on any atom is -0.248 e. The second-order valence-corrected chi connectivity index (χ2v) is 7.23. The van der Waals surface area contributed by atoms with Crippen LogP contribution in [0.15, 0.2) is 29.2 Å². The molecule has 1 atom stereocenters. The molecule has 1 nitrogen and oxygen atoms in total. The average Bonchev–Trinajstić information content (AvgIpc) is 2.28. The van der Waals surface area contributed by atoms with Crippen molar-refractivity contribution in [2.45, 2.75) is 44.4 Å². The number of benzene rings is 1. The second-order valence-electron chi connectivity index (χ2n) is 3.96. The number of rotatable bonds is 7. The van der Waals surface area contributed by atoms with Gasteiger partial charge in [-0.1, -0.05) is 43.9 Å². The highest BCUT2D eigenvalue weighted by Gasteiger charge is 2.02. The Kier molecular flexibility index (Phi) is 6.81. The van der Waals surface area contributed by atoms with Crippen LogP contribution in [0.3, 0.4) is 0 Å². The molecule has 0 saturated heterocycles. The molecule has 90 valence electrons. The van der Waals surface area contributed by atoms with Crippen molar-refractivity contribution >= 4 is 20.6 Å². The predicted molar refractivity (Wildman–Crippen MR) is 74.2 cm³/mol. The van der Waals surface area contributed by atoms with E-state index in [1.165, 1.54) is 35.6 Å². The number of hydrogen-bond donors (Lipinski definition) is 0. The zero-order chi connectivity index (χ0) is 11.8. The zero-order valence-corrected chi connectivity index (χ0v) is 11.7. The van der Waals surface area contributed by atoms with Crippen LogP contribution in [0.25, 0.3) is 0 Å². The van der Waals surface area contributed by atoms with Crippen LogP contribution in [0.5, 0.6) is 0 Å². The molecule has 0 bridgehead atoms. The van der Waals surface area contributed by atoms with Crippen LogP contribution in [0.4, 0.5) is 0 Å². The maximum absolute atomic E-state index is 11.7. The third-order valence-electron chi connectivity index (χ3n) is 2.37. The van der Waals surface area contributed by atoms with Crippen molar-refractivity contribution in [3.8, 4) is 0 Å². The monoisotopic (exact) mass is 256 g/mol. The highest BCUT2D eigenvalue weighted by atomic mass is 33.1. The molecule has 1 aromatic carbocycles. The summed E-state index contributed by atoms with van der Waals surface area (Å²) >= 11 is 0. The Bertz CT molecular complexity index is 319. The first-order valence-corrected chi connectivity index (χ1v) is 8.51. The summed E-state index contributed by atoms with van der Waals surface area (Å²) in [6, 6.07) is 8.22. The van der Waals surface area contributed by atoms with Crippen molar-refractivity contribution in [1.82, 2.24) is 0 Å². The Hall–Kier alpha value is -0.280. The molecular weight excluding hydrogens is 236 g/mol. The van der Waals surface area contributed by atoms with Gasteiger partial charge in [0.05, 0.1) is 9.83 Å². The highest BCUT2D eigenvalue weighted by Crippen LogP contribution is 2.23. The summed E-state index contributed by atoms with van der Waals surface area (Å²) in [5.74, 6) is 0.818. The average molecular weight is 256 g/mol. The Morgan fingerprint density at radius 2 is 1.81 bits per heavy atom. The van der Waals surface area contributed by atoms with Crippen molar-refractivity contribution in [2.75, 3.05) is 5.75 Å². The van der Waals surface area contributed by atoms with Crippen LogP contribution < -0.4 is 0 Å². The van der Waals surface area contributed by atoms with Gasteiger partial charge in [-0.2, -0.15) is 0 Å². The third-order valence-corrected chi connectivity index (χ3v) is 5.28. The van der Waals surface area contributed by atoms with E-state index in [4.69, 9.17) is 0 Å². The highest BCUT2D eigenvalue weighted by molar-refractivity contribution is 8.69. The standard InChI is InChI=1S/C13H20OS2/c1-3-4-5-6-11-16(14)15-13-9-7-12(2)8-10-13/h7-10H,3-6,11H2,1-2H3. The van der Waals surface area contributed by atoms with Crippen molar-refractivity contribution in [3.63, 3.8) is 0 Å². The van der Waals surface area contributed by atoms with E-state index in [-0.39, 0.29) is 0 Å². The van der Waals surface area contributed by atoms with Gasteiger partial charge in [0, 0.05) is 10.6 Å². The molecule has 1 aromatic rings. The molecule has 0 fully saturated rings. The lowest BCUT2D eigenvalue weighted by molar-refractivity contribution is 0.676. The van der Waals surface area contributed by atoms with Gasteiger partial charge in [0.2, 0.25) is 0 Å². The van der Waals surface area contributed by atoms with E-state index in [0.29, 0.717) is 0 Å². The predicted octanol–water partition coefficient (Wildman–Crippen LogP) is 4.33. The molecule has 0 aliphatic heterocycles. The van der Waals surface area contributed by atoms with E-state index in [0.717, 1.165) is 17.1 Å².